The molecule has 5 heteroatoms. The quantitative estimate of drug-likeness (QED) is 0.871. The van der Waals surface area contributed by atoms with Gasteiger partial charge in [0.2, 0.25) is 10.0 Å². The molecule has 1 aliphatic heterocycles. The summed E-state index contributed by atoms with van der Waals surface area (Å²) in [6.07, 6.45) is 2.87. The summed E-state index contributed by atoms with van der Waals surface area (Å²) in [6, 6.07) is 5.93. The first-order valence-electron chi connectivity index (χ1n) is 5.74. The van der Waals surface area contributed by atoms with Crippen LogP contribution in [-0.2, 0) is 22.9 Å². The van der Waals surface area contributed by atoms with E-state index in [9.17, 15) is 8.42 Å². The summed E-state index contributed by atoms with van der Waals surface area (Å²) in [7, 11) is -3.18. The van der Waals surface area contributed by atoms with Crippen molar-refractivity contribution in [2.45, 2.75) is 25.8 Å². The lowest BCUT2D eigenvalue weighted by Crippen LogP contribution is -2.34. The highest BCUT2D eigenvalue weighted by molar-refractivity contribution is 7.92. The Morgan fingerprint density at radius 3 is 2.76 bits per heavy atom. The predicted octanol–water partition coefficient (Wildman–Crippen LogP) is 0.898. The van der Waals surface area contributed by atoms with E-state index >= 15 is 0 Å². The summed E-state index contributed by atoms with van der Waals surface area (Å²) in [6.45, 7) is 2.55. The number of sulfonamides is 1. The van der Waals surface area contributed by atoms with Crippen molar-refractivity contribution >= 4 is 15.7 Å². The lowest BCUT2D eigenvalue weighted by Gasteiger charge is -2.21. The molecule has 17 heavy (non-hydrogen) atoms. The minimum Gasteiger partial charge on any atom is -0.330 e. The molecule has 0 saturated heterocycles. The SMILES string of the molecule is CC1Cc2cc(CCN)ccc2N1S(C)(=O)=O. The fourth-order valence-electron chi connectivity index (χ4n) is 2.48. The topological polar surface area (TPSA) is 63.4 Å². The van der Waals surface area contributed by atoms with Gasteiger partial charge in [0.25, 0.3) is 0 Å². The molecular weight excluding hydrogens is 236 g/mol. The van der Waals surface area contributed by atoms with E-state index < -0.39 is 10.0 Å². The molecule has 4 nitrogen and oxygen atoms in total. The number of hydrogen-bond acceptors (Lipinski definition) is 3. The smallest absolute Gasteiger partial charge is 0.232 e. The number of anilines is 1. The first-order chi connectivity index (χ1) is 7.93. The highest BCUT2D eigenvalue weighted by atomic mass is 32.2. The maximum atomic E-state index is 11.7. The number of rotatable bonds is 3. The minimum atomic E-state index is -3.18. The van der Waals surface area contributed by atoms with E-state index in [4.69, 9.17) is 5.73 Å². The zero-order chi connectivity index (χ0) is 12.6. The summed E-state index contributed by atoms with van der Waals surface area (Å²) in [5, 5.41) is 0. The molecule has 0 aromatic heterocycles. The van der Waals surface area contributed by atoms with Gasteiger partial charge in [-0.25, -0.2) is 8.42 Å². The monoisotopic (exact) mass is 254 g/mol. The Balaban J connectivity index is 2.42. The van der Waals surface area contributed by atoms with Gasteiger partial charge in [0.05, 0.1) is 11.9 Å². The first kappa shape index (κ1) is 12.4. The molecule has 1 heterocycles. The van der Waals surface area contributed by atoms with Crippen LogP contribution in [0.2, 0.25) is 0 Å². The molecule has 0 radical (unpaired) electrons. The fraction of sp³-hybridized carbons (Fsp3) is 0.500. The van der Waals surface area contributed by atoms with Crippen LogP contribution in [0.4, 0.5) is 5.69 Å². The second-order valence-electron chi connectivity index (χ2n) is 4.61. The third kappa shape index (κ3) is 2.30. The Bertz CT molecular complexity index is 525. The fourth-order valence-corrected chi connectivity index (χ4v) is 3.75. The van der Waals surface area contributed by atoms with Gasteiger partial charge in [0.15, 0.2) is 0 Å². The average molecular weight is 254 g/mol. The predicted molar refractivity (Wildman–Crippen MR) is 69.7 cm³/mol. The number of benzene rings is 1. The molecule has 2 rings (SSSR count). The van der Waals surface area contributed by atoms with Crippen LogP contribution in [0.15, 0.2) is 18.2 Å². The van der Waals surface area contributed by atoms with Crippen molar-refractivity contribution in [3.63, 3.8) is 0 Å². The Hall–Kier alpha value is -1.07. The van der Waals surface area contributed by atoms with Crippen LogP contribution in [-0.4, -0.2) is 27.3 Å². The van der Waals surface area contributed by atoms with Gasteiger partial charge in [-0.2, -0.15) is 0 Å². The summed E-state index contributed by atoms with van der Waals surface area (Å²) in [4.78, 5) is 0. The number of hydrogen-bond donors (Lipinski definition) is 1. The molecule has 1 atom stereocenters. The molecule has 0 spiro atoms. The third-order valence-corrected chi connectivity index (χ3v) is 4.36. The second kappa shape index (κ2) is 4.31. The van der Waals surface area contributed by atoms with Crippen LogP contribution in [0.25, 0.3) is 0 Å². The van der Waals surface area contributed by atoms with E-state index in [1.807, 2.05) is 19.1 Å². The number of nitrogens with zero attached hydrogens (tertiary/aromatic N) is 1. The summed E-state index contributed by atoms with van der Waals surface area (Å²) in [5.74, 6) is 0. The lowest BCUT2D eigenvalue weighted by molar-refractivity contribution is 0.590. The average Bonchev–Trinajstić information content (AvgIpc) is 2.52. The van der Waals surface area contributed by atoms with E-state index in [0.717, 1.165) is 24.1 Å². The van der Waals surface area contributed by atoms with Gasteiger partial charge >= 0.3 is 0 Å². The third-order valence-electron chi connectivity index (χ3n) is 3.09. The Labute approximate surface area is 102 Å². The van der Waals surface area contributed by atoms with Crippen molar-refractivity contribution in [2.24, 2.45) is 5.73 Å². The molecule has 0 saturated carbocycles. The molecule has 1 aliphatic rings. The molecule has 1 aromatic carbocycles. The van der Waals surface area contributed by atoms with E-state index in [2.05, 4.69) is 6.07 Å². The van der Waals surface area contributed by atoms with Crippen molar-refractivity contribution in [3.8, 4) is 0 Å². The van der Waals surface area contributed by atoms with Gasteiger partial charge in [-0.15, -0.1) is 0 Å². The van der Waals surface area contributed by atoms with E-state index in [1.54, 1.807) is 0 Å². The first-order valence-corrected chi connectivity index (χ1v) is 7.59. The van der Waals surface area contributed by atoms with Crippen LogP contribution < -0.4 is 10.0 Å². The highest BCUT2D eigenvalue weighted by Crippen LogP contribution is 2.34. The molecule has 1 unspecified atom stereocenters. The van der Waals surface area contributed by atoms with Gasteiger partial charge in [0.1, 0.15) is 0 Å². The Kier molecular flexibility index (Phi) is 3.14. The van der Waals surface area contributed by atoms with Crippen molar-refractivity contribution in [2.75, 3.05) is 17.1 Å². The van der Waals surface area contributed by atoms with Gasteiger partial charge in [-0.05, 0) is 43.5 Å². The largest absolute Gasteiger partial charge is 0.330 e. The zero-order valence-electron chi connectivity index (χ0n) is 10.2. The van der Waals surface area contributed by atoms with Crippen LogP contribution in [0.3, 0.4) is 0 Å². The van der Waals surface area contributed by atoms with Crippen LogP contribution >= 0.6 is 0 Å². The molecule has 0 fully saturated rings. The number of fused-ring (bicyclic) bond motifs is 1. The van der Waals surface area contributed by atoms with Crippen LogP contribution in [0.5, 0.6) is 0 Å². The lowest BCUT2D eigenvalue weighted by atomic mass is 10.1. The second-order valence-corrected chi connectivity index (χ2v) is 6.47. The van der Waals surface area contributed by atoms with Gasteiger partial charge in [0, 0.05) is 6.04 Å². The van der Waals surface area contributed by atoms with E-state index in [1.165, 1.54) is 16.1 Å². The zero-order valence-corrected chi connectivity index (χ0v) is 11.0. The highest BCUT2D eigenvalue weighted by Gasteiger charge is 2.32. The normalized spacial score (nSPS) is 19.5. The van der Waals surface area contributed by atoms with Gasteiger partial charge < -0.3 is 5.73 Å². The molecule has 1 aromatic rings. The van der Waals surface area contributed by atoms with Gasteiger partial charge in [-0.1, -0.05) is 12.1 Å². The minimum absolute atomic E-state index is 0.00752. The van der Waals surface area contributed by atoms with E-state index in [-0.39, 0.29) is 6.04 Å². The standard InChI is InChI=1S/C12H18N2O2S/c1-9-7-11-8-10(5-6-13)3-4-12(11)14(9)17(2,15)16/h3-4,8-9H,5-7,13H2,1-2H3. The van der Waals surface area contributed by atoms with Crippen molar-refractivity contribution in [1.29, 1.82) is 0 Å². The van der Waals surface area contributed by atoms with E-state index in [0.29, 0.717) is 6.54 Å². The van der Waals surface area contributed by atoms with Crippen LogP contribution in [0.1, 0.15) is 18.1 Å². The molecule has 0 amide bonds. The molecule has 2 N–H and O–H groups in total. The maximum absolute atomic E-state index is 11.7. The van der Waals surface area contributed by atoms with Crippen molar-refractivity contribution in [1.82, 2.24) is 0 Å². The Morgan fingerprint density at radius 2 is 2.18 bits per heavy atom. The van der Waals surface area contributed by atoms with Crippen LogP contribution in [0, 0.1) is 0 Å². The molecule has 94 valence electrons. The summed E-state index contributed by atoms with van der Waals surface area (Å²) >= 11 is 0. The summed E-state index contributed by atoms with van der Waals surface area (Å²) in [5.41, 5.74) is 8.62. The van der Waals surface area contributed by atoms with Crippen molar-refractivity contribution < 1.29 is 8.42 Å². The molecular formula is C12H18N2O2S. The van der Waals surface area contributed by atoms with Gasteiger partial charge in [-0.3, -0.25) is 4.31 Å². The summed E-state index contributed by atoms with van der Waals surface area (Å²) < 4.78 is 25.0. The molecule has 0 bridgehead atoms. The maximum Gasteiger partial charge on any atom is 0.232 e. The Morgan fingerprint density at radius 1 is 1.47 bits per heavy atom. The van der Waals surface area contributed by atoms with Crippen molar-refractivity contribution in [3.05, 3.63) is 29.3 Å². The molecule has 0 aliphatic carbocycles. The number of nitrogens with two attached hydrogens (primary N) is 1.